The molecule has 4 heteroatoms. The van der Waals surface area contributed by atoms with E-state index in [9.17, 15) is 4.79 Å². The normalized spacial score (nSPS) is 13.6. The highest BCUT2D eigenvalue weighted by Crippen LogP contribution is 2.26. The van der Waals surface area contributed by atoms with Gasteiger partial charge in [-0.25, -0.2) is 9.78 Å². The van der Waals surface area contributed by atoms with Gasteiger partial charge in [-0.05, 0) is 37.3 Å². The Balaban J connectivity index is 2.36. The number of carboxylic acids is 1. The van der Waals surface area contributed by atoms with Crippen LogP contribution < -0.4 is 4.74 Å². The molecule has 0 aromatic carbocycles. The maximum atomic E-state index is 11.1. The minimum Gasteiger partial charge on any atom is -0.477 e. The molecule has 0 fully saturated rings. The summed E-state index contributed by atoms with van der Waals surface area (Å²) >= 11 is 0. The van der Waals surface area contributed by atoms with Gasteiger partial charge >= 0.3 is 5.97 Å². The van der Waals surface area contributed by atoms with Crippen LogP contribution in [0.3, 0.4) is 0 Å². The van der Waals surface area contributed by atoms with Gasteiger partial charge in [-0.1, -0.05) is 6.92 Å². The number of hydrogen-bond donors (Lipinski definition) is 1. The quantitative estimate of drug-likeness (QED) is 0.845. The summed E-state index contributed by atoms with van der Waals surface area (Å²) < 4.78 is 5.38. The van der Waals surface area contributed by atoms with Crippen molar-refractivity contribution in [2.24, 2.45) is 0 Å². The largest absolute Gasteiger partial charge is 0.477 e. The van der Waals surface area contributed by atoms with Crippen LogP contribution in [0.4, 0.5) is 0 Å². The Kier molecular flexibility index (Phi) is 3.08. The molecule has 0 bridgehead atoms. The molecule has 0 amide bonds. The molecule has 1 N–H and O–H groups in total. The van der Waals surface area contributed by atoms with Crippen LogP contribution >= 0.6 is 0 Å². The van der Waals surface area contributed by atoms with E-state index in [4.69, 9.17) is 9.84 Å². The number of hydrogen-bond acceptors (Lipinski definition) is 3. The molecule has 0 saturated carbocycles. The highest BCUT2D eigenvalue weighted by molar-refractivity contribution is 5.90. The number of rotatable bonds is 4. The number of ether oxygens (including phenoxy) is 1. The molecular weight excluding hydrogens is 206 g/mol. The molecule has 4 nitrogen and oxygen atoms in total. The van der Waals surface area contributed by atoms with Crippen LogP contribution in [0.25, 0.3) is 0 Å². The highest BCUT2D eigenvalue weighted by atomic mass is 16.5. The zero-order valence-corrected chi connectivity index (χ0v) is 9.32. The van der Waals surface area contributed by atoms with Gasteiger partial charge in [-0.3, -0.25) is 0 Å². The summed E-state index contributed by atoms with van der Waals surface area (Å²) in [6.45, 7) is 2.49. The van der Waals surface area contributed by atoms with Crippen molar-refractivity contribution < 1.29 is 14.6 Å². The summed E-state index contributed by atoms with van der Waals surface area (Å²) in [5, 5.41) is 9.08. The molecule has 1 heterocycles. The van der Waals surface area contributed by atoms with Crippen LogP contribution in [0.2, 0.25) is 0 Å². The average molecular weight is 221 g/mol. The second kappa shape index (κ2) is 4.51. The van der Waals surface area contributed by atoms with E-state index in [0.717, 1.165) is 36.9 Å². The molecule has 1 aliphatic rings. The highest BCUT2D eigenvalue weighted by Gasteiger charge is 2.20. The van der Waals surface area contributed by atoms with Crippen molar-refractivity contribution in [3.8, 4) is 5.88 Å². The standard InChI is InChI=1S/C12H15NO3/c1-2-6-16-11-9(12(14)15)7-8-4-3-5-10(8)13-11/h7H,2-6H2,1H3,(H,14,15). The van der Waals surface area contributed by atoms with Crippen LogP contribution in [-0.4, -0.2) is 22.7 Å². The molecule has 0 unspecified atom stereocenters. The Hall–Kier alpha value is -1.58. The van der Waals surface area contributed by atoms with Gasteiger partial charge in [0.25, 0.3) is 0 Å². The Morgan fingerprint density at radius 2 is 2.38 bits per heavy atom. The van der Waals surface area contributed by atoms with Crippen LogP contribution in [0, 0.1) is 0 Å². The molecule has 86 valence electrons. The van der Waals surface area contributed by atoms with E-state index < -0.39 is 5.97 Å². The van der Waals surface area contributed by atoms with Crippen molar-refractivity contribution in [3.05, 3.63) is 22.9 Å². The number of nitrogens with zero attached hydrogens (tertiary/aromatic N) is 1. The Morgan fingerprint density at radius 3 is 3.06 bits per heavy atom. The van der Waals surface area contributed by atoms with Gasteiger partial charge in [0.1, 0.15) is 5.56 Å². The van der Waals surface area contributed by atoms with Crippen molar-refractivity contribution in [1.29, 1.82) is 0 Å². The van der Waals surface area contributed by atoms with Gasteiger partial charge in [-0.2, -0.15) is 0 Å². The van der Waals surface area contributed by atoms with E-state index in [-0.39, 0.29) is 11.4 Å². The molecule has 0 spiro atoms. The first-order valence-corrected chi connectivity index (χ1v) is 5.61. The lowest BCUT2D eigenvalue weighted by Gasteiger charge is -2.09. The van der Waals surface area contributed by atoms with Crippen molar-refractivity contribution in [1.82, 2.24) is 4.98 Å². The number of carboxylic acid groups (broad SMARTS) is 1. The molecule has 16 heavy (non-hydrogen) atoms. The van der Waals surface area contributed by atoms with Gasteiger partial charge < -0.3 is 9.84 Å². The second-order valence-corrected chi connectivity index (χ2v) is 3.95. The molecule has 1 aliphatic carbocycles. The molecule has 0 atom stereocenters. The first-order valence-electron chi connectivity index (χ1n) is 5.61. The number of aryl methyl sites for hydroxylation is 2. The third kappa shape index (κ3) is 2.01. The zero-order chi connectivity index (χ0) is 11.5. The fourth-order valence-electron chi connectivity index (χ4n) is 1.92. The smallest absolute Gasteiger partial charge is 0.341 e. The molecule has 1 aromatic heterocycles. The molecule has 0 aliphatic heterocycles. The van der Waals surface area contributed by atoms with Crippen molar-refractivity contribution in [2.75, 3.05) is 6.61 Å². The first-order chi connectivity index (χ1) is 7.72. The van der Waals surface area contributed by atoms with Crippen LogP contribution in [0.5, 0.6) is 5.88 Å². The van der Waals surface area contributed by atoms with E-state index in [1.54, 1.807) is 6.07 Å². The van der Waals surface area contributed by atoms with Crippen molar-refractivity contribution in [3.63, 3.8) is 0 Å². The van der Waals surface area contributed by atoms with Crippen LogP contribution in [-0.2, 0) is 12.8 Å². The minimum atomic E-state index is -0.965. The summed E-state index contributed by atoms with van der Waals surface area (Å²) in [5.74, 6) is -0.691. The Bertz CT molecular complexity index is 415. The summed E-state index contributed by atoms with van der Waals surface area (Å²) in [6.07, 6.45) is 3.75. The number of aromatic nitrogens is 1. The van der Waals surface area contributed by atoms with E-state index in [0.29, 0.717) is 6.61 Å². The van der Waals surface area contributed by atoms with Gasteiger partial charge in [0.2, 0.25) is 5.88 Å². The molecule has 1 aromatic rings. The number of aromatic carboxylic acids is 1. The van der Waals surface area contributed by atoms with Gasteiger partial charge in [0.15, 0.2) is 0 Å². The maximum absolute atomic E-state index is 11.1. The average Bonchev–Trinajstić information content (AvgIpc) is 2.71. The summed E-state index contributed by atoms with van der Waals surface area (Å²) in [7, 11) is 0. The lowest BCUT2D eigenvalue weighted by Crippen LogP contribution is -2.08. The van der Waals surface area contributed by atoms with Gasteiger partial charge in [-0.15, -0.1) is 0 Å². The summed E-state index contributed by atoms with van der Waals surface area (Å²) in [5.41, 5.74) is 2.24. The Labute approximate surface area is 94.3 Å². The first kappa shape index (κ1) is 10.9. The van der Waals surface area contributed by atoms with Crippen molar-refractivity contribution >= 4 is 5.97 Å². The second-order valence-electron chi connectivity index (χ2n) is 3.95. The minimum absolute atomic E-state index is 0.189. The third-order valence-corrected chi connectivity index (χ3v) is 2.69. The molecule has 0 saturated heterocycles. The van der Waals surface area contributed by atoms with Crippen molar-refractivity contribution in [2.45, 2.75) is 32.6 Å². The van der Waals surface area contributed by atoms with E-state index >= 15 is 0 Å². The van der Waals surface area contributed by atoms with E-state index in [2.05, 4.69) is 4.98 Å². The SMILES string of the molecule is CCCOc1nc2c(cc1C(=O)O)CCC2. The molecule has 0 radical (unpaired) electrons. The van der Waals surface area contributed by atoms with Crippen LogP contribution in [0.15, 0.2) is 6.07 Å². The fraction of sp³-hybridized carbons (Fsp3) is 0.500. The lowest BCUT2D eigenvalue weighted by atomic mass is 10.1. The van der Waals surface area contributed by atoms with E-state index in [1.165, 1.54) is 0 Å². The number of carbonyl (C=O) groups is 1. The molecular formula is C12H15NO3. The summed E-state index contributed by atoms with van der Waals surface area (Å²) in [4.78, 5) is 15.4. The lowest BCUT2D eigenvalue weighted by molar-refractivity contribution is 0.0691. The monoisotopic (exact) mass is 221 g/mol. The third-order valence-electron chi connectivity index (χ3n) is 2.69. The van der Waals surface area contributed by atoms with E-state index in [1.807, 2.05) is 6.92 Å². The maximum Gasteiger partial charge on any atom is 0.341 e. The number of fused-ring (bicyclic) bond motifs is 1. The Morgan fingerprint density at radius 1 is 1.56 bits per heavy atom. The number of pyridine rings is 1. The molecule has 2 rings (SSSR count). The van der Waals surface area contributed by atoms with Gasteiger partial charge in [0, 0.05) is 5.69 Å². The predicted molar refractivity (Wildman–Crippen MR) is 59.0 cm³/mol. The predicted octanol–water partition coefficient (Wildman–Crippen LogP) is 2.06. The fourth-order valence-corrected chi connectivity index (χ4v) is 1.92. The topological polar surface area (TPSA) is 59.4 Å². The van der Waals surface area contributed by atoms with Gasteiger partial charge in [0.05, 0.1) is 6.61 Å². The van der Waals surface area contributed by atoms with Crippen LogP contribution in [0.1, 0.15) is 41.4 Å². The zero-order valence-electron chi connectivity index (χ0n) is 9.32. The summed E-state index contributed by atoms with van der Waals surface area (Å²) in [6, 6.07) is 1.71.